The Bertz CT molecular complexity index is 2770. The zero-order valence-corrected chi connectivity index (χ0v) is 29.3. The maximum atomic E-state index is 6.74. The third kappa shape index (κ3) is 4.96. The van der Waals surface area contributed by atoms with Crippen molar-refractivity contribution in [2.24, 2.45) is 0 Å². The first-order chi connectivity index (χ1) is 25.7. The van der Waals surface area contributed by atoms with Crippen LogP contribution in [-0.2, 0) is 0 Å². The van der Waals surface area contributed by atoms with E-state index in [0.29, 0.717) is 5.82 Å². The van der Waals surface area contributed by atoms with Crippen molar-refractivity contribution < 1.29 is 4.42 Å². The van der Waals surface area contributed by atoms with Crippen molar-refractivity contribution in [1.29, 1.82) is 0 Å². The fraction of sp³-hybridized carbons (Fsp3) is 0.0638. The Morgan fingerprint density at radius 1 is 0.731 bits per heavy atom. The highest BCUT2D eigenvalue weighted by atomic mass is 32.1. The maximum absolute atomic E-state index is 6.74. The van der Waals surface area contributed by atoms with Crippen LogP contribution in [0.3, 0.4) is 0 Å². The summed E-state index contributed by atoms with van der Waals surface area (Å²) in [4.78, 5) is 13.3. The Morgan fingerprint density at radius 3 is 2.33 bits per heavy atom. The van der Waals surface area contributed by atoms with E-state index >= 15 is 0 Å². The van der Waals surface area contributed by atoms with Gasteiger partial charge in [-0.15, -0.1) is 11.3 Å². The van der Waals surface area contributed by atoms with E-state index < -0.39 is 0 Å². The lowest BCUT2D eigenvalue weighted by Gasteiger charge is -2.28. The summed E-state index contributed by atoms with van der Waals surface area (Å²) >= 11 is 1.77. The van der Waals surface area contributed by atoms with Crippen molar-refractivity contribution in [3.63, 3.8) is 0 Å². The molecule has 5 aromatic carbocycles. The summed E-state index contributed by atoms with van der Waals surface area (Å²) < 4.78 is 9.04. The normalized spacial score (nSPS) is 17.0. The summed E-state index contributed by atoms with van der Waals surface area (Å²) in [6.07, 6.45) is 13.3. The van der Waals surface area contributed by atoms with Crippen molar-refractivity contribution in [3.05, 3.63) is 192 Å². The minimum absolute atomic E-state index is 0.124. The number of anilines is 2. The van der Waals surface area contributed by atoms with Crippen molar-refractivity contribution >= 4 is 65.3 Å². The van der Waals surface area contributed by atoms with Gasteiger partial charge >= 0.3 is 0 Å². The molecule has 0 fully saturated rings. The highest BCUT2D eigenvalue weighted by Crippen LogP contribution is 2.50. The molecule has 1 aliphatic heterocycles. The van der Waals surface area contributed by atoms with E-state index in [0.717, 1.165) is 66.0 Å². The van der Waals surface area contributed by atoms with Crippen LogP contribution in [0, 0.1) is 0 Å². The first kappa shape index (κ1) is 30.5. The SMILES string of the molecule is C/C=C(\C=C(\c1ccccc1)c1cc2c(-c3nc(N4c5ccccc5C5C=CC=CC54)c4sc5ccccc5c4n3)cccc2o1)c1ccccc1. The summed E-state index contributed by atoms with van der Waals surface area (Å²) in [5.41, 5.74) is 9.59. The van der Waals surface area contributed by atoms with Gasteiger partial charge in [0.2, 0.25) is 0 Å². The number of para-hydroxylation sites is 1. The second-order valence-electron chi connectivity index (χ2n) is 13.2. The van der Waals surface area contributed by atoms with Crippen LogP contribution >= 0.6 is 11.3 Å². The summed E-state index contributed by atoms with van der Waals surface area (Å²) in [6.45, 7) is 2.08. The van der Waals surface area contributed by atoms with Crippen LogP contribution in [0.1, 0.15) is 35.3 Å². The molecule has 0 bridgehead atoms. The van der Waals surface area contributed by atoms with Gasteiger partial charge in [-0.05, 0) is 59.5 Å². The van der Waals surface area contributed by atoms with Crippen molar-refractivity contribution in [1.82, 2.24) is 9.97 Å². The first-order valence-electron chi connectivity index (χ1n) is 17.7. The summed E-state index contributed by atoms with van der Waals surface area (Å²) in [7, 11) is 0. The van der Waals surface area contributed by atoms with Gasteiger partial charge in [-0.25, -0.2) is 9.97 Å². The van der Waals surface area contributed by atoms with Gasteiger partial charge in [0.1, 0.15) is 11.3 Å². The summed E-state index contributed by atoms with van der Waals surface area (Å²) in [5.74, 6) is 2.67. The molecule has 3 aromatic heterocycles. The van der Waals surface area contributed by atoms with Crippen LogP contribution in [0.4, 0.5) is 11.5 Å². The predicted molar refractivity (Wildman–Crippen MR) is 217 cm³/mol. The second-order valence-corrected chi connectivity index (χ2v) is 14.3. The van der Waals surface area contributed by atoms with Crippen LogP contribution in [0.25, 0.3) is 53.8 Å². The molecule has 4 heterocycles. The third-order valence-electron chi connectivity index (χ3n) is 10.3. The highest BCUT2D eigenvalue weighted by molar-refractivity contribution is 7.26. The van der Waals surface area contributed by atoms with E-state index in [1.807, 2.05) is 24.3 Å². The Kier molecular flexibility index (Phi) is 7.33. The Labute approximate surface area is 306 Å². The molecule has 8 aromatic rings. The van der Waals surface area contributed by atoms with Crippen molar-refractivity contribution in [3.8, 4) is 11.4 Å². The molecule has 4 nitrogen and oxygen atoms in total. The largest absolute Gasteiger partial charge is 0.456 e. The van der Waals surface area contributed by atoms with Crippen LogP contribution in [0.2, 0.25) is 0 Å². The molecule has 0 saturated carbocycles. The number of fused-ring (bicyclic) bond motifs is 7. The van der Waals surface area contributed by atoms with Crippen LogP contribution in [0.15, 0.2) is 174 Å². The zero-order valence-electron chi connectivity index (χ0n) is 28.5. The van der Waals surface area contributed by atoms with Gasteiger partial charge in [0.05, 0.1) is 16.3 Å². The smallest absolute Gasteiger partial charge is 0.163 e. The minimum Gasteiger partial charge on any atom is -0.456 e. The standard InChI is InChI=1S/C47H33N3OS/c1-2-30(31-16-5-3-6-17-31)28-37(32-18-7-4-8-19-32)42-29-38-35(23-15-26-41(38)51-42)46-48-44-36-22-11-14-27-43(36)52-45(44)47(49-46)50-39-24-12-9-20-33(39)34-21-10-13-25-40(34)50/h2-29,33,39H,1H3/b30-2+,37-28-. The number of nitrogens with zero attached hydrogens (tertiary/aromatic N) is 3. The quantitative estimate of drug-likeness (QED) is 0.163. The molecule has 2 atom stereocenters. The van der Waals surface area contributed by atoms with Gasteiger partial charge in [-0.2, -0.15) is 0 Å². The van der Waals surface area contributed by atoms with Gasteiger partial charge in [-0.3, -0.25) is 0 Å². The maximum Gasteiger partial charge on any atom is 0.163 e. The summed E-state index contributed by atoms with van der Waals surface area (Å²) in [5, 5.41) is 2.12. The van der Waals surface area contributed by atoms with Crippen LogP contribution < -0.4 is 4.90 Å². The van der Waals surface area contributed by atoms with E-state index in [1.165, 1.54) is 16.0 Å². The Balaban J connectivity index is 1.19. The predicted octanol–water partition coefficient (Wildman–Crippen LogP) is 12.5. The van der Waals surface area contributed by atoms with E-state index in [-0.39, 0.29) is 12.0 Å². The number of rotatable bonds is 6. The van der Waals surface area contributed by atoms with Gasteiger partial charge in [0, 0.05) is 38.2 Å². The van der Waals surface area contributed by atoms with Gasteiger partial charge in [-0.1, -0.05) is 140 Å². The average molecular weight is 688 g/mol. The highest BCUT2D eigenvalue weighted by Gasteiger charge is 2.39. The second kappa shape index (κ2) is 12.5. The van der Waals surface area contributed by atoms with Crippen molar-refractivity contribution in [2.75, 3.05) is 4.90 Å². The summed E-state index contributed by atoms with van der Waals surface area (Å²) in [6, 6.07) is 46.8. The lowest BCUT2D eigenvalue weighted by molar-refractivity contribution is 0.600. The first-order valence-corrected chi connectivity index (χ1v) is 18.5. The molecule has 0 saturated heterocycles. The molecule has 2 aliphatic rings. The van der Waals surface area contributed by atoms with Gasteiger partial charge in [0.25, 0.3) is 0 Å². The third-order valence-corrected chi connectivity index (χ3v) is 11.4. The molecule has 0 amide bonds. The fourth-order valence-corrected chi connectivity index (χ4v) is 8.95. The molecule has 0 spiro atoms. The molecule has 248 valence electrons. The molecule has 5 heteroatoms. The van der Waals surface area contributed by atoms with Gasteiger partial charge in [0.15, 0.2) is 11.6 Å². The Morgan fingerprint density at radius 2 is 1.48 bits per heavy atom. The van der Waals surface area contributed by atoms with Crippen molar-refractivity contribution in [2.45, 2.75) is 18.9 Å². The lowest BCUT2D eigenvalue weighted by atomic mass is 9.91. The molecule has 52 heavy (non-hydrogen) atoms. The number of thiophene rings is 1. The number of hydrogen-bond acceptors (Lipinski definition) is 5. The number of aromatic nitrogens is 2. The Hall–Kier alpha value is -6.30. The van der Waals surface area contributed by atoms with E-state index in [2.05, 4.69) is 157 Å². The molecule has 0 N–H and O–H groups in total. The molecule has 2 unspecified atom stereocenters. The topological polar surface area (TPSA) is 42.2 Å². The van der Waals surface area contributed by atoms with E-state index in [4.69, 9.17) is 14.4 Å². The van der Waals surface area contributed by atoms with E-state index in [1.54, 1.807) is 11.3 Å². The number of furan rings is 1. The minimum atomic E-state index is 0.124. The molecule has 0 radical (unpaired) electrons. The zero-order chi connectivity index (χ0) is 34.6. The van der Waals surface area contributed by atoms with Crippen LogP contribution in [-0.4, -0.2) is 16.0 Å². The molecule has 1 aliphatic carbocycles. The number of benzene rings is 5. The molecular formula is C47H33N3OS. The average Bonchev–Trinajstić information content (AvgIpc) is 3.91. The van der Waals surface area contributed by atoms with E-state index in [9.17, 15) is 0 Å². The fourth-order valence-electron chi connectivity index (χ4n) is 7.82. The molecule has 10 rings (SSSR count). The monoisotopic (exact) mass is 687 g/mol. The van der Waals surface area contributed by atoms with Crippen LogP contribution in [0.5, 0.6) is 0 Å². The molecular weight excluding hydrogens is 655 g/mol. The lowest BCUT2D eigenvalue weighted by Crippen LogP contribution is -2.29. The van der Waals surface area contributed by atoms with Gasteiger partial charge < -0.3 is 9.32 Å². The number of hydrogen-bond donors (Lipinski definition) is 0. The number of allylic oxidation sites excluding steroid dienone is 5.